The number of hydrogen-bond acceptors (Lipinski definition) is 6. The minimum Gasteiger partial charge on any atom is -0.497 e. The van der Waals surface area contributed by atoms with Crippen molar-refractivity contribution >= 4 is 23.3 Å². The first-order chi connectivity index (χ1) is 16.6. The number of ether oxygens (including phenoxy) is 1. The molecule has 2 amide bonds. The number of anilines is 2. The number of rotatable bonds is 12. The van der Waals surface area contributed by atoms with Gasteiger partial charge in [0.05, 0.1) is 19.6 Å². The molecular weight excluding hydrogens is 450 g/mol. The van der Waals surface area contributed by atoms with E-state index in [0.29, 0.717) is 30.7 Å². The van der Waals surface area contributed by atoms with Crippen LogP contribution in [-0.2, 0) is 16.1 Å². The average molecular weight is 488 g/mol. The van der Waals surface area contributed by atoms with Crippen LogP contribution in [0.25, 0.3) is 0 Å². The molecule has 0 saturated heterocycles. The van der Waals surface area contributed by atoms with Gasteiger partial charge in [0.15, 0.2) is 5.69 Å². The Morgan fingerprint density at radius 2 is 1.86 bits per heavy atom. The summed E-state index contributed by atoms with van der Waals surface area (Å²) in [5, 5.41) is 2.81. The van der Waals surface area contributed by atoms with Crippen LogP contribution in [0.4, 0.5) is 11.5 Å². The maximum atomic E-state index is 13.6. The summed E-state index contributed by atoms with van der Waals surface area (Å²) in [6.07, 6.45) is 2.04. The third-order valence-corrected chi connectivity index (χ3v) is 5.72. The number of aromatic amines is 1. The number of nitrogens with one attached hydrogen (secondary N) is 2. The first-order valence-corrected chi connectivity index (χ1v) is 11.9. The minimum atomic E-state index is -0.710. The number of carbonyl (C=O) groups is 2. The van der Waals surface area contributed by atoms with E-state index >= 15 is 0 Å². The maximum Gasteiger partial charge on any atom is 0.330 e. The molecule has 192 valence electrons. The summed E-state index contributed by atoms with van der Waals surface area (Å²) in [4.78, 5) is 54.4. The van der Waals surface area contributed by atoms with E-state index in [-0.39, 0.29) is 36.3 Å². The Kier molecular flexibility index (Phi) is 10.1. The van der Waals surface area contributed by atoms with Crippen LogP contribution in [0.5, 0.6) is 5.75 Å². The number of unbranched alkanes of at least 4 members (excludes halogenated alkanes) is 1. The molecule has 0 spiro atoms. The van der Waals surface area contributed by atoms with Gasteiger partial charge in [0.25, 0.3) is 5.56 Å². The van der Waals surface area contributed by atoms with Gasteiger partial charge in [0, 0.05) is 20.0 Å². The highest BCUT2D eigenvalue weighted by Crippen LogP contribution is 2.25. The summed E-state index contributed by atoms with van der Waals surface area (Å²) in [6, 6.07) is 6.42. The highest BCUT2D eigenvalue weighted by atomic mass is 16.5. The van der Waals surface area contributed by atoms with Crippen LogP contribution >= 0.6 is 0 Å². The van der Waals surface area contributed by atoms with Crippen molar-refractivity contribution in [3.63, 3.8) is 0 Å². The molecular formula is C25H37N5O5. The van der Waals surface area contributed by atoms with E-state index in [9.17, 15) is 19.2 Å². The Morgan fingerprint density at radius 3 is 2.40 bits per heavy atom. The van der Waals surface area contributed by atoms with Crippen molar-refractivity contribution in [2.45, 2.75) is 66.0 Å². The van der Waals surface area contributed by atoms with Crippen LogP contribution in [0.2, 0.25) is 0 Å². The lowest BCUT2D eigenvalue weighted by atomic mass is 10.0. The summed E-state index contributed by atoms with van der Waals surface area (Å²) in [6.45, 7) is 7.95. The minimum absolute atomic E-state index is 0.0372. The fourth-order valence-electron chi connectivity index (χ4n) is 3.74. The van der Waals surface area contributed by atoms with Crippen molar-refractivity contribution in [1.29, 1.82) is 0 Å². The number of aromatic nitrogens is 2. The quantitative estimate of drug-likeness (QED) is 0.420. The van der Waals surface area contributed by atoms with Gasteiger partial charge < -0.3 is 20.7 Å². The largest absolute Gasteiger partial charge is 0.497 e. The molecule has 0 fully saturated rings. The Bertz CT molecular complexity index is 1120. The van der Waals surface area contributed by atoms with E-state index in [4.69, 9.17) is 10.5 Å². The number of nitrogens with two attached hydrogens (primary N) is 1. The molecule has 0 saturated carbocycles. The zero-order valence-corrected chi connectivity index (χ0v) is 21.2. The Labute approximate surface area is 205 Å². The van der Waals surface area contributed by atoms with Gasteiger partial charge >= 0.3 is 5.69 Å². The summed E-state index contributed by atoms with van der Waals surface area (Å²) >= 11 is 0. The third kappa shape index (κ3) is 7.46. The lowest BCUT2D eigenvalue weighted by Gasteiger charge is -2.27. The first kappa shape index (κ1) is 27.7. The Balaban J connectivity index is 2.49. The monoisotopic (exact) mass is 487 g/mol. The van der Waals surface area contributed by atoms with Crippen LogP contribution in [0.1, 0.15) is 65.0 Å². The summed E-state index contributed by atoms with van der Waals surface area (Å²) < 4.78 is 6.49. The van der Waals surface area contributed by atoms with E-state index < -0.39 is 23.2 Å². The van der Waals surface area contributed by atoms with Crippen LogP contribution in [0, 0.1) is 5.92 Å². The molecule has 2 aromatic rings. The zero-order valence-electron chi connectivity index (χ0n) is 21.2. The van der Waals surface area contributed by atoms with Gasteiger partial charge in [-0.15, -0.1) is 0 Å². The number of hydrogen-bond donors (Lipinski definition) is 3. The molecule has 35 heavy (non-hydrogen) atoms. The van der Waals surface area contributed by atoms with Crippen LogP contribution in [-0.4, -0.2) is 35.0 Å². The van der Waals surface area contributed by atoms with Crippen molar-refractivity contribution in [1.82, 2.24) is 14.9 Å². The van der Waals surface area contributed by atoms with Crippen LogP contribution in [0.3, 0.4) is 0 Å². The molecule has 1 unspecified atom stereocenters. The smallest absolute Gasteiger partial charge is 0.330 e. The summed E-state index contributed by atoms with van der Waals surface area (Å²) in [7, 11) is 1.55. The van der Waals surface area contributed by atoms with Gasteiger partial charge in [0.1, 0.15) is 11.6 Å². The number of amides is 2. The van der Waals surface area contributed by atoms with Gasteiger partial charge in [-0.1, -0.05) is 39.3 Å². The molecule has 1 aromatic carbocycles. The second kappa shape index (κ2) is 12.8. The molecule has 4 N–H and O–H groups in total. The molecule has 10 nitrogen and oxygen atoms in total. The van der Waals surface area contributed by atoms with Crippen molar-refractivity contribution in [3.05, 3.63) is 50.7 Å². The standard InChI is InChI=1S/C25H37N5O5/c1-6-7-13-30-23(26)22(24(33)28-25(30)34)29(14-12-16(2)3)21(32)15-20(27-17(4)31)18-8-10-19(35-5)11-9-18/h8-11,16,20H,6-7,12-15,26H2,1-5H3,(H,27,31)(H,28,33,34). The summed E-state index contributed by atoms with van der Waals surface area (Å²) in [5.41, 5.74) is 5.66. The highest BCUT2D eigenvalue weighted by Gasteiger charge is 2.27. The van der Waals surface area contributed by atoms with Gasteiger partial charge in [-0.25, -0.2) is 4.79 Å². The Hall–Kier alpha value is -3.56. The maximum absolute atomic E-state index is 13.6. The lowest BCUT2D eigenvalue weighted by Crippen LogP contribution is -2.43. The molecule has 0 aliphatic carbocycles. The van der Waals surface area contributed by atoms with Crippen molar-refractivity contribution in [2.24, 2.45) is 5.92 Å². The SMILES string of the molecule is CCCCn1c(N)c(N(CCC(C)C)C(=O)CC(NC(C)=O)c2ccc(OC)cc2)c(=O)[nH]c1=O. The molecule has 10 heteroatoms. The molecule has 0 radical (unpaired) electrons. The molecule has 2 rings (SSSR count). The third-order valence-electron chi connectivity index (χ3n) is 5.72. The number of H-pyrrole nitrogens is 1. The fraction of sp³-hybridized carbons (Fsp3) is 0.520. The van der Waals surface area contributed by atoms with E-state index in [1.54, 1.807) is 31.4 Å². The zero-order chi connectivity index (χ0) is 26.1. The number of nitrogen functional groups attached to an aromatic ring is 1. The normalized spacial score (nSPS) is 11.8. The number of carbonyl (C=O) groups excluding carboxylic acids is 2. The van der Waals surface area contributed by atoms with E-state index in [1.807, 2.05) is 20.8 Å². The number of benzene rings is 1. The van der Waals surface area contributed by atoms with E-state index in [2.05, 4.69) is 10.3 Å². The van der Waals surface area contributed by atoms with Crippen LogP contribution < -0.4 is 31.9 Å². The molecule has 1 heterocycles. The first-order valence-electron chi connectivity index (χ1n) is 11.9. The van der Waals surface area contributed by atoms with Gasteiger partial charge in [-0.05, 0) is 36.5 Å². The van der Waals surface area contributed by atoms with E-state index in [1.165, 1.54) is 16.4 Å². The van der Waals surface area contributed by atoms with Gasteiger partial charge in [-0.2, -0.15) is 0 Å². The Morgan fingerprint density at radius 1 is 1.20 bits per heavy atom. The highest BCUT2D eigenvalue weighted by molar-refractivity contribution is 5.96. The predicted molar refractivity (Wildman–Crippen MR) is 137 cm³/mol. The van der Waals surface area contributed by atoms with E-state index in [0.717, 1.165) is 6.42 Å². The van der Waals surface area contributed by atoms with Gasteiger partial charge in [0.2, 0.25) is 11.8 Å². The molecule has 0 bridgehead atoms. The van der Waals surface area contributed by atoms with Crippen molar-refractivity contribution in [3.8, 4) is 5.75 Å². The second-order valence-corrected chi connectivity index (χ2v) is 8.96. The lowest BCUT2D eigenvalue weighted by molar-refractivity contribution is -0.121. The topological polar surface area (TPSA) is 140 Å². The van der Waals surface area contributed by atoms with Crippen molar-refractivity contribution in [2.75, 3.05) is 24.3 Å². The number of nitrogens with zero attached hydrogens (tertiary/aromatic N) is 2. The van der Waals surface area contributed by atoms with Gasteiger partial charge in [-0.3, -0.25) is 23.9 Å². The van der Waals surface area contributed by atoms with Crippen LogP contribution in [0.15, 0.2) is 33.9 Å². The average Bonchev–Trinajstić information content (AvgIpc) is 2.80. The summed E-state index contributed by atoms with van der Waals surface area (Å²) in [5.74, 6) is 0.180. The molecule has 0 aliphatic heterocycles. The number of methoxy groups -OCH3 is 1. The second-order valence-electron chi connectivity index (χ2n) is 8.96. The molecule has 1 atom stereocenters. The van der Waals surface area contributed by atoms with Crippen molar-refractivity contribution < 1.29 is 14.3 Å². The predicted octanol–water partition coefficient (Wildman–Crippen LogP) is 2.57. The molecule has 1 aromatic heterocycles. The molecule has 0 aliphatic rings. The fourth-order valence-corrected chi connectivity index (χ4v) is 3.74.